The van der Waals surface area contributed by atoms with E-state index in [2.05, 4.69) is 4.90 Å². The fraction of sp³-hybridized carbons (Fsp3) is 0.933. The zero-order chi connectivity index (χ0) is 13.7. The highest BCUT2D eigenvalue weighted by Gasteiger charge is 2.24. The first-order valence-corrected chi connectivity index (χ1v) is 7.79. The second-order valence-corrected chi connectivity index (χ2v) is 6.34. The van der Waals surface area contributed by atoms with Crippen LogP contribution < -0.4 is 0 Å². The third kappa shape index (κ3) is 4.77. The van der Waals surface area contributed by atoms with Gasteiger partial charge in [0.05, 0.1) is 6.54 Å². The number of likely N-dealkylation sites (N-methyl/N-ethyl adjacent to an activating group) is 1. The summed E-state index contributed by atoms with van der Waals surface area (Å²) in [5.74, 6) is 0.211. The zero-order valence-electron chi connectivity index (χ0n) is 12.2. The molecule has 2 fully saturated rings. The van der Waals surface area contributed by atoms with Gasteiger partial charge in [-0.25, -0.2) is 0 Å². The smallest absolute Gasteiger partial charge is 0.317 e. The zero-order valence-corrected chi connectivity index (χ0v) is 12.2. The van der Waals surface area contributed by atoms with Crippen LogP contribution in [-0.2, 0) is 4.79 Å². The molecule has 1 saturated carbocycles. The van der Waals surface area contributed by atoms with Crippen LogP contribution in [0.5, 0.6) is 0 Å². The molecule has 0 bridgehead atoms. The molecule has 0 aromatic carbocycles. The van der Waals surface area contributed by atoms with Gasteiger partial charge in [0.15, 0.2) is 0 Å². The van der Waals surface area contributed by atoms with Crippen molar-refractivity contribution in [1.29, 1.82) is 0 Å². The SMILES string of the molecule is CN(CC(=O)O)C1CCCN(CC2CCCC2)CC1. The summed E-state index contributed by atoms with van der Waals surface area (Å²) in [6.07, 6.45) is 9.14. The molecule has 1 atom stereocenters. The molecule has 0 radical (unpaired) electrons. The van der Waals surface area contributed by atoms with E-state index in [0.29, 0.717) is 6.04 Å². The number of hydrogen-bond donors (Lipinski definition) is 1. The van der Waals surface area contributed by atoms with Gasteiger partial charge in [-0.3, -0.25) is 9.69 Å². The number of rotatable bonds is 5. The van der Waals surface area contributed by atoms with Gasteiger partial charge < -0.3 is 10.0 Å². The van der Waals surface area contributed by atoms with E-state index in [9.17, 15) is 4.79 Å². The molecule has 1 heterocycles. The Kier molecular flexibility index (Phi) is 5.64. The molecule has 0 aromatic heterocycles. The van der Waals surface area contributed by atoms with Crippen LogP contribution in [0.4, 0.5) is 0 Å². The van der Waals surface area contributed by atoms with Crippen molar-refractivity contribution in [2.75, 3.05) is 33.2 Å². The molecular formula is C15H28N2O2. The van der Waals surface area contributed by atoms with Gasteiger partial charge in [-0.05, 0) is 58.2 Å². The summed E-state index contributed by atoms with van der Waals surface area (Å²) in [6, 6.07) is 0.449. The molecule has 1 aliphatic heterocycles. The van der Waals surface area contributed by atoms with Crippen LogP contribution in [0.2, 0.25) is 0 Å². The first-order valence-electron chi connectivity index (χ1n) is 7.79. The highest BCUT2D eigenvalue weighted by molar-refractivity contribution is 5.69. The minimum Gasteiger partial charge on any atom is -0.480 e. The van der Waals surface area contributed by atoms with Gasteiger partial charge in [-0.2, -0.15) is 0 Å². The molecule has 1 unspecified atom stereocenters. The average Bonchev–Trinajstić information content (AvgIpc) is 2.73. The van der Waals surface area contributed by atoms with Crippen LogP contribution in [0, 0.1) is 5.92 Å². The molecule has 4 nitrogen and oxygen atoms in total. The van der Waals surface area contributed by atoms with Gasteiger partial charge in [0.25, 0.3) is 0 Å². The topological polar surface area (TPSA) is 43.8 Å². The van der Waals surface area contributed by atoms with Gasteiger partial charge in [0.2, 0.25) is 0 Å². The first-order chi connectivity index (χ1) is 9.15. The summed E-state index contributed by atoms with van der Waals surface area (Å²) in [5, 5.41) is 8.87. The number of hydrogen-bond acceptors (Lipinski definition) is 3. The summed E-state index contributed by atoms with van der Waals surface area (Å²) in [5.41, 5.74) is 0. The second-order valence-electron chi connectivity index (χ2n) is 6.34. The van der Waals surface area contributed by atoms with Crippen molar-refractivity contribution >= 4 is 5.97 Å². The lowest BCUT2D eigenvalue weighted by atomic mass is 10.1. The van der Waals surface area contributed by atoms with Crippen molar-refractivity contribution in [3.05, 3.63) is 0 Å². The average molecular weight is 268 g/mol. The maximum atomic E-state index is 10.8. The lowest BCUT2D eigenvalue weighted by molar-refractivity contribution is -0.138. The van der Waals surface area contributed by atoms with Crippen LogP contribution in [-0.4, -0.2) is 60.1 Å². The first kappa shape index (κ1) is 14.8. The molecule has 4 heteroatoms. The van der Waals surface area contributed by atoms with Crippen molar-refractivity contribution in [3.63, 3.8) is 0 Å². The van der Waals surface area contributed by atoms with E-state index in [1.54, 1.807) is 0 Å². The van der Waals surface area contributed by atoms with Crippen molar-refractivity contribution < 1.29 is 9.90 Å². The third-order valence-corrected chi connectivity index (χ3v) is 4.79. The number of likely N-dealkylation sites (tertiary alicyclic amines) is 1. The van der Waals surface area contributed by atoms with E-state index in [1.165, 1.54) is 45.2 Å². The van der Waals surface area contributed by atoms with Gasteiger partial charge in [-0.15, -0.1) is 0 Å². The molecule has 1 N–H and O–H groups in total. The van der Waals surface area contributed by atoms with E-state index < -0.39 is 5.97 Å². The highest BCUT2D eigenvalue weighted by Crippen LogP contribution is 2.26. The number of carbonyl (C=O) groups is 1. The molecule has 0 amide bonds. The maximum absolute atomic E-state index is 10.8. The Hall–Kier alpha value is -0.610. The van der Waals surface area contributed by atoms with Gasteiger partial charge in [-0.1, -0.05) is 12.8 Å². The van der Waals surface area contributed by atoms with Crippen molar-refractivity contribution in [2.45, 2.75) is 51.0 Å². The minimum absolute atomic E-state index is 0.174. The number of aliphatic carboxylic acids is 1. The van der Waals surface area contributed by atoms with Crippen molar-refractivity contribution in [2.24, 2.45) is 5.92 Å². The van der Waals surface area contributed by atoms with Crippen molar-refractivity contribution in [1.82, 2.24) is 9.80 Å². The Morgan fingerprint density at radius 1 is 1.16 bits per heavy atom. The molecular weight excluding hydrogens is 240 g/mol. The predicted octanol–water partition coefficient (Wildman–Crippen LogP) is 2.05. The number of carboxylic acids is 1. The Bertz CT molecular complexity index is 290. The Balaban J connectivity index is 1.75. The second kappa shape index (κ2) is 7.25. The molecule has 0 aromatic rings. The number of nitrogens with zero attached hydrogens (tertiary/aromatic N) is 2. The Labute approximate surface area is 116 Å². The van der Waals surface area contributed by atoms with Gasteiger partial charge in [0, 0.05) is 12.6 Å². The Morgan fingerprint density at radius 2 is 1.89 bits per heavy atom. The molecule has 0 spiro atoms. The quantitative estimate of drug-likeness (QED) is 0.829. The number of carboxylic acid groups (broad SMARTS) is 1. The van der Waals surface area contributed by atoms with E-state index >= 15 is 0 Å². The van der Waals surface area contributed by atoms with Crippen molar-refractivity contribution in [3.8, 4) is 0 Å². The predicted molar refractivity (Wildman–Crippen MR) is 76.3 cm³/mol. The molecule has 2 aliphatic rings. The van der Waals surface area contributed by atoms with Crippen LogP contribution in [0.25, 0.3) is 0 Å². The fourth-order valence-electron chi connectivity index (χ4n) is 3.66. The summed E-state index contributed by atoms with van der Waals surface area (Å²) < 4.78 is 0. The normalized spacial score (nSPS) is 26.7. The lowest BCUT2D eigenvalue weighted by Gasteiger charge is -2.26. The van der Waals surface area contributed by atoms with E-state index in [0.717, 1.165) is 25.3 Å². The fourth-order valence-corrected chi connectivity index (χ4v) is 3.66. The van der Waals surface area contributed by atoms with Crippen LogP contribution in [0.3, 0.4) is 0 Å². The van der Waals surface area contributed by atoms with Crippen LogP contribution >= 0.6 is 0 Å². The van der Waals surface area contributed by atoms with E-state index in [1.807, 2.05) is 11.9 Å². The van der Waals surface area contributed by atoms with Gasteiger partial charge >= 0.3 is 5.97 Å². The summed E-state index contributed by atoms with van der Waals surface area (Å²) >= 11 is 0. The summed E-state index contributed by atoms with van der Waals surface area (Å²) in [7, 11) is 1.95. The summed E-state index contributed by atoms with van der Waals surface area (Å²) in [4.78, 5) is 15.4. The molecule has 1 saturated heterocycles. The van der Waals surface area contributed by atoms with E-state index in [-0.39, 0.29) is 6.54 Å². The molecule has 1 aliphatic carbocycles. The highest BCUT2D eigenvalue weighted by atomic mass is 16.4. The molecule has 19 heavy (non-hydrogen) atoms. The standard InChI is InChI=1S/C15H28N2O2/c1-16(12-15(18)19)14-7-4-9-17(10-8-14)11-13-5-2-3-6-13/h13-14H,2-12H2,1H3,(H,18,19). The van der Waals surface area contributed by atoms with Gasteiger partial charge in [0.1, 0.15) is 0 Å². The minimum atomic E-state index is -0.713. The lowest BCUT2D eigenvalue weighted by Crippen LogP contribution is -2.37. The monoisotopic (exact) mass is 268 g/mol. The largest absolute Gasteiger partial charge is 0.480 e. The maximum Gasteiger partial charge on any atom is 0.317 e. The molecule has 2 rings (SSSR count). The Morgan fingerprint density at radius 3 is 2.58 bits per heavy atom. The summed E-state index contributed by atoms with van der Waals surface area (Å²) in [6.45, 7) is 3.79. The van der Waals surface area contributed by atoms with Crippen LogP contribution in [0.1, 0.15) is 44.9 Å². The van der Waals surface area contributed by atoms with E-state index in [4.69, 9.17) is 5.11 Å². The third-order valence-electron chi connectivity index (χ3n) is 4.79. The van der Waals surface area contributed by atoms with Crippen LogP contribution in [0.15, 0.2) is 0 Å². The molecule has 110 valence electrons.